The molecule has 3 fully saturated rings. The Kier molecular flexibility index (Phi) is 2.67. The Labute approximate surface area is 130 Å². The molecule has 3 aliphatic heterocycles. The summed E-state index contributed by atoms with van der Waals surface area (Å²) < 4.78 is 6.26. The number of para-hydroxylation sites is 1. The lowest BCUT2D eigenvalue weighted by atomic mass is 9.65. The number of hydrogen-bond acceptors (Lipinski definition) is 3. The Morgan fingerprint density at radius 1 is 1.32 bits per heavy atom. The van der Waals surface area contributed by atoms with Crippen molar-refractivity contribution in [3.63, 3.8) is 0 Å². The molecule has 3 nitrogen and oxygen atoms in total. The minimum Gasteiger partial charge on any atom is -0.504 e. The topological polar surface area (TPSA) is 36.6 Å². The molecule has 1 saturated carbocycles. The Balaban J connectivity index is 1.70. The van der Waals surface area contributed by atoms with Crippen molar-refractivity contribution < 1.29 is 9.52 Å². The number of phenols is 1. The van der Waals surface area contributed by atoms with Crippen molar-refractivity contribution in [1.82, 2.24) is 4.90 Å². The lowest BCUT2D eigenvalue weighted by Crippen LogP contribution is -2.56. The van der Waals surface area contributed by atoms with E-state index < -0.39 is 0 Å². The minimum atomic E-state index is 0.287. The lowest BCUT2D eigenvalue weighted by molar-refractivity contribution is -0.0169. The molecule has 4 aliphatic rings. The first-order chi connectivity index (χ1) is 10.8. The fraction of sp³-hybridized carbons (Fsp3) is 0.579. The standard InChI is InChI=1S/C19H23NO2/c1-2-12-8-11-9-15-17(12)20(10-11)7-6-14-13-4-3-5-16(21)19(13)22-18(14)15/h3-5,11-12,15,17,21H,2,6-10H2,1H3/t11?,12-,15?,17?/m1/s1. The van der Waals surface area contributed by atoms with E-state index in [9.17, 15) is 5.11 Å². The molecule has 4 bridgehead atoms. The maximum absolute atomic E-state index is 10.1. The Morgan fingerprint density at radius 2 is 2.23 bits per heavy atom. The molecule has 4 heterocycles. The van der Waals surface area contributed by atoms with Crippen LogP contribution in [0, 0.1) is 11.8 Å². The summed E-state index contributed by atoms with van der Waals surface area (Å²) in [5.74, 6) is 3.64. The van der Waals surface area contributed by atoms with Crippen molar-refractivity contribution in [2.24, 2.45) is 11.8 Å². The normalized spacial score (nSPS) is 36.3. The van der Waals surface area contributed by atoms with Gasteiger partial charge in [0.2, 0.25) is 0 Å². The zero-order valence-electron chi connectivity index (χ0n) is 13.1. The maximum Gasteiger partial charge on any atom is 0.176 e. The molecular weight excluding hydrogens is 274 g/mol. The van der Waals surface area contributed by atoms with E-state index in [0.29, 0.717) is 17.5 Å². The van der Waals surface area contributed by atoms with Crippen LogP contribution in [-0.4, -0.2) is 29.1 Å². The molecule has 0 radical (unpaired) electrons. The smallest absolute Gasteiger partial charge is 0.176 e. The molecule has 5 atom stereocenters. The van der Waals surface area contributed by atoms with Crippen LogP contribution >= 0.6 is 0 Å². The predicted octanol–water partition coefficient (Wildman–Crippen LogP) is 3.90. The second kappa shape index (κ2) is 4.51. The van der Waals surface area contributed by atoms with Gasteiger partial charge in [-0.1, -0.05) is 25.5 Å². The van der Waals surface area contributed by atoms with Crippen molar-refractivity contribution in [3.05, 3.63) is 29.5 Å². The van der Waals surface area contributed by atoms with Crippen molar-refractivity contribution in [1.29, 1.82) is 0 Å². The van der Waals surface area contributed by atoms with E-state index in [1.54, 1.807) is 6.07 Å². The fourth-order valence-electron chi connectivity index (χ4n) is 5.54. The van der Waals surface area contributed by atoms with Gasteiger partial charge in [0.05, 0.1) is 0 Å². The molecule has 0 amide bonds. The van der Waals surface area contributed by atoms with Gasteiger partial charge in [-0.2, -0.15) is 0 Å². The van der Waals surface area contributed by atoms with E-state index in [-0.39, 0.29) is 5.75 Å². The van der Waals surface area contributed by atoms with Crippen LogP contribution in [0.4, 0.5) is 0 Å². The van der Waals surface area contributed by atoms with Gasteiger partial charge >= 0.3 is 0 Å². The summed E-state index contributed by atoms with van der Waals surface area (Å²) in [5.41, 5.74) is 2.07. The number of hydrogen-bond donors (Lipinski definition) is 1. The molecule has 1 N–H and O–H groups in total. The third kappa shape index (κ3) is 1.60. The van der Waals surface area contributed by atoms with Crippen molar-refractivity contribution in [2.75, 3.05) is 13.1 Å². The van der Waals surface area contributed by atoms with Gasteiger partial charge in [-0.05, 0) is 37.2 Å². The van der Waals surface area contributed by atoms with Crippen molar-refractivity contribution >= 4 is 11.0 Å². The predicted molar refractivity (Wildman–Crippen MR) is 86.2 cm³/mol. The lowest BCUT2D eigenvalue weighted by Gasteiger charge is -2.52. The average Bonchev–Trinajstić information content (AvgIpc) is 2.87. The molecule has 2 aromatic rings. The molecular formula is C19H23NO2. The molecule has 22 heavy (non-hydrogen) atoms. The number of fused-ring (bicyclic) bond motifs is 4. The zero-order chi connectivity index (χ0) is 14.8. The van der Waals surface area contributed by atoms with Gasteiger partial charge in [-0.3, -0.25) is 4.90 Å². The quantitative estimate of drug-likeness (QED) is 0.867. The van der Waals surface area contributed by atoms with Crippen LogP contribution in [0.25, 0.3) is 11.0 Å². The minimum absolute atomic E-state index is 0.287. The van der Waals surface area contributed by atoms with Crippen LogP contribution in [0.3, 0.4) is 0 Å². The zero-order valence-corrected chi connectivity index (χ0v) is 13.1. The summed E-state index contributed by atoms with van der Waals surface area (Å²) in [6.07, 6.45) is 5.00. The number of nitrogens with zero attached hydrogens (tertiary/aromatic N) is 1. The Morgan fingerprint density at radius 3 is 3.09 bits per heavy atom. The van der Waals surface area contributed by atoms with Crippen LogP contribution in [0.1, 0.15) is 43.4 Å². The average molecular weight is 297 g/mol. The molecule has 1 aromatic heterocycles. The highest BCUT2D eigenvalue weighted by molar-refractivity contribution is 5.87. The van der Waals surface area contributed by atoms with E-state index >= 15 is 0 Å². The first-order valence-electron chi connectivity index (χ1n) is 8.73. The molecule has 1 aromatic carbocycles. The van der Waals surface area contributed by atoms with Crippen LogP contribution in [0.15, 0.2) is 22.6 Å². The maximum atomic E-state index is 10.1. The van der Waals surface area contributed by atoms with Crippen LogP contribution in [-0.2, 0) is 6.42 Å². The number of furan rings is 1. The highest BCUT2D eigenvalue weighted by Gasteiger charge is 2.49. The summed E-state index contributed by atoms with van der Waals surface area (Å²) in [6.45, 7) is 4.76. The Bertz CT molecular complexity index is 734. The van der Waals surface area contributed by atoms with E-state index in [1.807, 2.05) is 6.07 Å². The fourth-order valence-corrected chi connectivity index (χ4v) is 5.54. The third-order valence-corrected chi connectivity index (χ3v) is 6.37. The third-order valence-electron chi connectivity index (χ3n) is 6.37. The first-order valence-corrected chi connectivity index (χ1v) is 8.73. The van der Waals surface area contributed by atoms with E-state index in [2.05, 4.69) is 17.9 Å². The van der Waals surface area contributed by atoms with E-state index in [1.165, 1.54) is 37.1 Å². The molecule has 4 unspecified atom stereocenters. The molecule has 1 aliphatic carbocycles. The summed E-state index contributed by atoms with van der Waals surface area (Å²) in [4.78, 5) is 2.74. The molecule has 2 saturated heterocycles. The monoisotopic (exact) mass is 297 g/mol. The summed E-state index contributed by atoms with van der Waals surface area (Å²) in [7, 11) is 0. The molecule has 0 spiro atoms. The van der Waals surface area contributed by atoms with Gasteiger partial charge in [0.1, 0.15) is 5.76 Å². The van der Waals surface area contributed by atoms with E-state index in [0.717, 1.165) is 30.2 Å². The number of aromatic hydroxyl groups is 1. The highest BCUT2D eigenvalue weighted by Crippen LogP contribution is 2.52. The number of piperidine rings is 2. The SMILES string of the molecule is CC[C@@H]1CC2CC3c4oc5c(O)cccc5c4CCN(C2)C31. The van der Waals surface area contributed by atoms with Gasteiger partial charge in [0.15, 0.2) is 11.3 Å². The van der Waals surface area contributed by atoms with Crippen LogP contribution in [0.5, 0.6) is 5.75 Å². The summed E-state index contributed by atoms with van der Waals surface area (Å²) in [6, 6.07) is 6.43. The van der Waals surface area contributed by atoms with Gasteiger partial charge in [0, 0.05) is 36.0 Å². The Hall–Kier alpha value is -1.48. The van der Waals surface area contributed by atoms with Crippen LogP contribution in [0.2, 0.25) is 0 Å². The first kappa shape index (κ1) is 13.0. The van der Waals surface area contributed by atoms with Crippen molar-refractivity contribution in [3.8, 4) is 5.75 Å². The second-order valence-corrected chi connectivity index (χ2v) is 7.45. The summed E-state index contributed by atoms with van der Waals surface area (Å²) in [5, 5.41) is 11.3. The molecule has 6 rings (SSSR count). The van der Waals surface area contributed by atoms with Gasteiger partial charge < -0.3 is 9.52 Å². The van der Waals surface area contributed by atoms with Crippen molar-refractivity contribution in [2.45, 2.75) is 44.6 Å². The van der Waals surface area contributed by atoms with Gasteiger partial charge in [-0.25, -0.2) is 0 Å². The highest BCUT2D eigenvalue weighted by atomic mass is 16.4. The van der Waals surface area contributed by atoms with Gasteiger partial charge in [-0.15, -0.1) is 0 Å². The second-order valence-electron chi connectivity index (χ2n) is 7.45. The van der Waals surface area contributed by atoms with Crippen LogP contribution < -0.4 is 0 Å². The van der Waals surface area contributed by atoms with Gasteiger partial charge in [0.25, 0.3) is 0 Å². The summed E-state index contributed by atoms with van der Waals surface area (Å²) >= 11 is 0. The molecule has 116 valence electrons. The number of benzene rings is 1. The van der Waals surface area contributed by atoms with E-state index in [4.69, 9.17) is 4.42 Å². The number of phenolic OH excluding ortho intramolecular Hbond substituents is 1. The largest absolute Gasteiger partial charge is 0.504 e. The molecule has 3 heteroatoms. The number of rotatable bonds is 1.